The van der Waals surface area contributed by atoms with E-state index in [0.717, 1.165) is 33.5 Å². The molecule has 1 heterocycles. The van der Waals surface area contributed by atoms with Crippen LogP contribution >= 0.6 is 0 Å². The number of benzene rings is 4. The van der Waals surface area contributed by atoms with Gasteiger partial charge in [-0.2, -0.15) is 5.26 Å². The molecule has 0 aliphatic carbocycles. The highest BCUT2D eigenvalue weighted by molar-refractivity contribution is 7.91. The molecule has 7 nitrogen and oxygen atoms in total. The van der Waals surface area contributed by atoms with Gasteiger partial charge in [0.25, 0.3) is 0 Å². The minimum Gasteiger partial charge on any atom is -0.369 e. The van der Waals surface area contributed by atoms with Gasteiger partial charge in [-0.15, -0.1) is 0 Å². The van der Waals surface area contributed by atoms with E-state index >= 15 is 0 Å². The summed E-state index contributed by atoms with van der Waals surface area (Å²) in [6, 6.07) is 29.7. The molecule has 1 amide bonds. The number of sulfone groups is 1. The lowest BCUT2D eigenvalue weighted by Crippen LogP contribution is -2.22. The van der Waals surface area contributed by atoms with Crippen LogP contribution in [0.15, 0.2) is 95.9 Å². The Hall–Kier alpha value is -4.74. The van der Waals surface area contributed by atoms with Crippen molar-refractivity contribution in [1.29, 1.82) is 5.26 Å². The molecule has 0 spiro atoms. The Balaban J connectivity index is 1.52. The SMILES string of the molecule is CCS(=O)(=O)c1ccc(C(C(N)=O)c2ccc(-c3nc4ccc(C)cc4n3Cc3ccc(C#N)cc3)cc2)cc1. The average Bonchev–Trinajstić information content (AvgIpc) is 3.31. The van der Waals surface area contributed by atoms with Crippen LogP contribution < -0.4 is 5.73 Å². The number of carbonyl (C=O) groups excluding carboxylic acids is 1. The van der Waals surface area contributed by atoms with E-state index in [9.17, 15) is 13.2 Å². The van der Waals surface area contributed by atoms with E-state index in [1.165, 1.54) is 12.1 Å². The van der Waals surface area contributed by atoms with Crippen LogP contribution in [0.4, 0.5) is 0 Å². The lowest BCUT2D eigenvalue weighted by molar-refractivity contribution is -0.118. The molecule has 1 atom stereocenters. The number of aromatic nitrogens is 2. The zero-order valence-electron chi connectivity index (χ0n) is 22.2. The predicted octanol–water partition coefficient (Wildman–Crippen LogP) is 5.34. The molecule has 1 aromatic heterocycles. The van der Waals surface area contributed by atoms with Gasteiger partial charge in [0.15, 0.2) is 9.84 Å². The van der Waals surface area contributed by atoms with Gasteiger partial charge in [-0.3, -0.25) is 4.79 Å². The summed E-state index contributed by atoms with van der Waals surface area (Å²) in [7, 11) is -3.35. The van der Waals surface area contributed by atoms with Crippen molar-refractivity contribution in [3.05, 3.63) is 119 Å². The minimum absolute atomic E-state index is 0.00255. The van der Waals surface area contributed by atoms with Crippen molar-refractivity contribution in [3.63, 3.8) is 0 Å². The number of aryl methyl sites for hydroxylation is 1. The molecule has 0 bridgehead atoms. The molecular formula is C32H28N4O3S. The molecule has 0 saturated heterocycles. The number of amides is 1. The Labute approximate surface area is 233 Å². The van der Waals surface area contributed by atoms with Gasteiger partial charge in [-0.25, -0.2) is 13.4 Å². The molecule has 5 rings (SSSR count). The summed E-state index contributed by atoms with van der Waals surface area (Å²) >= 11 is 0. The Bertz CT molecular complexity index is 1850. The first-order valence-electron chi connectivity index (χ1n) is 12.9. The van der Waals surface area contributed by atoms with Crippen molar-refractivity contribution in [2.24, 2.45) is 5.73 Å². The van der Waals surface area contributed by atoms with Gasteiger partial charge in [-0.1, -0.05) is 61.5 Å². The van der Waals surface area contributed by atoms with Crippen LogP contribution in [0.5, 0.6) is 0 Å². The molecular weight excluding hydrogens is 520 g/mol. The van der Waals surface area contributed by atoms with Crippen LogP contribution in [0.2, 0.25) is 0 Å². The Kier molecular flexibility index (Phi) is 7.24. The third-order valence-corrected chi connectivity index (χ3v) is 8.82. The minimum atomic E-state index is -3.35. The van der Waals surface area contributed by atoms with E-state index < -0.39 is 21.7 Å². The molecule has 5 aromatic rings. The molecule has 0 aliphatic heterocycles. The maximum Gasteiger partial charge on any atom is 0.229 e. The quantitative estimate of drug-likeness (QED) is 0.281. The van der Waals surface area contributed by atoms with E-state index in [1.807, 2.05) is 67.6 Å². The van der Waals surface area contributed by atoms with Gasteiger partial charge in [0.2, 0.25) is 5.91 Å². The maximum absolute atomic E-state index is 12.5. The lowest BCUT2D eigenvalue weighted by atomic mass is 9.90. The van der Waals surface area contributed by atoms with Crippen molar-refractivity contribution >= 4 is 26.8 Å². The van der Waals surface area contributed by atoms with Crippen LogP contribution in [0.3, 0.4) is 0 Å². The largest absolute Gasteiger partial charge is 0.369 e. The zero-order valence-corrected chi connectivity index (χ0v) is 23.0. The topological polar surface area (TPSA) is 119 Å². The lowest BCUT2D eigenvalue weighted by Gasteiger charge is -2.16. The highest BCUT2D eigenvalue weighted by Gasteiger charge is 2.22. The third kappa shape index (κ3) is 5.24. The second-order valence-corrected chi connectivity index (χ2v) is 12.0. The number of imidazole rings is 1. The molecule has 1 unspecified atom stereocenters. The van der Waals surface area contributed by atoms with E-state index in [4.69, 9.17) is 16.0 Å². The predicted molar refractivity (Wildman–Crippen MR) is 155 cm³/mol. The van der Waals surface area contributed by atoms with Crippen LogP contribution in [0.25, 0.3) is 22.4 Å². The summed E-state index contributed by atoms with van der Waals surface area (Å²) in [4.78, 5) is 17.7. The van der Waals surface area contributed by atoms with Crippen molar-refractivity contribution < 1.29 is 13.2 Å². The van der Waals surface area contributed by atoms with Crippen LogP contribution in [0.1, 0.15) is 40.7 Å². The van der Waals surface area contributed by atoms with Gasteiger partial charge < -0.3 is 10.3 Å². The van der Waals surface area contributed by atoms with Crippen LogP contribution in [0, 0.1) is 18.3 Å². The third-order valence-electron chi connectivity index (χ3n) is 7.07. The number of primary amides is 1. The fraction of sp³-hybridized carbons (Fsp3) is 0.156. The maximum atomic E-state index is 12.5. The Morgan fingerprint density at radius 3 is 2.15 bits per heavy atom. The van der Waals surface area contributed by atoms with Crippen LogP contribution in [-0.2, 0) is 21.2 Å². The molecule has 0 radical (unpaired) electrons. The van der Waals surface area contributed by atoms with Crippen molar-refractivity contribution in [2.45, 2.75) is 31.2 Å². The number of hydrogen-bond acceptors (Lipinski definition) is 5. The Morgan fingerprint density at radius 2 is 1.57 bits per heavy atom. The number of hydrogen-bond donors (Lipinski definition) is 1. The van der Waals surface area contributed by atoms with Gasteiger partial charge in [0, 0.05) is 12.1 Å². The second-order valence-electron chi connectivity index (χ2n) is 9.75. The first-order chi connectivity index (χ1) is 19.2. The van der Waals surface area contributed by atoms with Crippen LogP contribution in [-0.4, -0.2) is 29.6 Å². The number of nitrogens with zero attached hydrogens (tertiary/aromatic N) is 3. The highest BCUT2D eigenvalue weighted by Crippen LogP contribution is 2.31. The second kappa shape index (κ2) is 10.8. The number of rotatable bonds is 8. The summed E-state index contributed by atoms with van der Waals surface area (Å²) < 4.78 is 26.6. The summed E-state index contributed by atoms with van der Waals surface area (Å²) in [5, 5.41) is 9.15. The molecule has 200 valence electrons. The first-order valence-corrected chi connectivity index (χ1v) is 14.5. The molecule has 0 saturated carbocycles. The monoisotopic (exact) mass is 548 g/mol. The van der Waals surface area contributed by atoms with Gasteiger partial charge in [-0.05, 0) is 65.6 Å². The van der Waals surface area contributed by atoms with E-state index in [0.29, 0.717) is 23.2 Å². The zero-order chi connectivity index (χ0) is 28.4. The summed E-state index contributed by atoms with van der Waals surface area (Å²) in [5.41, 5.74) is 12.6. The highest BCUT2D eigenvalue weighted by atomic mass is 32.2. The number of carbonyl (C=O) groups is 1. The van der Waals surface area contributed by atoms with Crippen molar-refractivity contribution in [3.8, 4) is 17.5 Å². The van der Waals surface area contributed by atoms with Crippen molar-refractivity contribution in [1.82, 2.24) is 9.55 Å². The normalized spacial score (nSPS) is 12.2. The molecule has 8 heteroatoms. The molecule has 2 N–H and O–H groups in total. The first kappa shape index (κ1) is 26.9. The fourth-order valence-corrected chi connectivity index (χ4v) is 5.74. The smallest absolute Gasteiger partial charge is 0.229 e. The van der Waals surface area contributed by atoms with E-state index in [2.05, 4.69) is 16.7 Å². The number of fused-ring (bicyclic) bond motifs is 1. The molecule has 0 aliphatic rings. The molecule has 40 heavy (non-hydrogen) atoms. The average molecular weight is 549 g/mol. The summed E-state index contributed by atoms with van der Waals surface area (Å²) in [6.45, 7) is 4.21. The van der Waals surface area contributed by atoms with Gasteiger partial charge >= 0.3 is 0 Å². The van der Waals surface area contributed by atoms with Gasteiger partial charge in [0.05, 0.1) is 39.2 Å². The van der Waals surface area contributed by atoms with Gasteiger partial charge in [0.1, 0.15) is 5.82 Å². The standard InChI is InChI=1S/C32H28N4O3S/c1-3-40(38,39)27-15-13-25(14-16-27)30(31(34)37)24-9-11-26(12-10-24)32-35-28-17-4-21(2)18-29(28)36(32)20-23-7-5-22(19-33)6-8-23/h4-18,30H,3,20H2,1-2H3,(H2,34,37). The Morgan fingerprint density at radius 1 is 0.950 bits per heavy atom. The number of nitriles is 1. The summed E-state index contributed by atoms with van der Waals surface area (Å²) in [6.07, 6.45) is 0. The summed E-state index contributed by atoms with van der Waals surface area (Å²) in [5.74, 6) is -0.473. The van der Waals surface area contributed by atoms with E-state index in [-0.39, 0.29) is 10.6 Å². The van der Waals surface area contributed by atoms with Crippen molar-refractivity contribution in [2.75, 3.05) is 5.75 Å². The number of nitrogens with two attached hydrogens (primary N) is 1. The fourth-order valence-electron chi connectivity index (χ4n) is 4.86. The molecule has 0 fully saturated rings. The molecule has 4 aromatic carbocycles. The van der Waals surface area contributed by atoms with E-state index in [1.54, 1.807) is 19.1 Å².